The van der Waals surface area contributed by atoms with Crippen molar-refractivity contribution in [2.75, 3.05) is 32.3 Å². The molecule has 0 spiro atoms. The summed E-state index contributed by atoms with van der Waals surface area (Å²) in [6.45, 7) is 4.19. The third-order valence-corrected chi connectivity index (χ3v) is 5.50. The molecule has 1 unspecified atom stereocenters. The summed E-state index contributed by atoms with van der Waals surface area (Å²) in [7, 11) is 2.85. The minimum atomic E-state index is -0.686. The number of methoxy groups -OCH3 is 2. The van der Waals surface area contributed by atoms with E-state index in [4.69, 9.17) is 26.4 Å². The summed E-state index contributed by atoms with van der Waals surface area (Å²) in [5, 5.41) is 3.63. The molecule has 3 rings (SSSR count). The van der Waals surface area contributed by atoms with E-state index in [-0.39, 0.29) is 13.2 Å². The van der Waals surface area contributed by atoms with Crippen LogP contribution in [0.2, 0.25) is 0 Å². The molecular weight excluding hydrogens is 428 g/mol. The van der Waals surface area contributed by atoms with Crippen LogP contribution in [0.3, 0.4) is 0 Å². The number of nitrogens with one attached hydrogen (secondary N) is 1. The highest BCUT2D eigenvalue weighted by Crippen LogP contribution is 2.35. The Morgan fingerprint density at radius 3 is 2.34 bits per heavy atom. The number of carbonyl (C=O) groups is 2. The molecule has 0 saturated heterocycles. The summed E-state index contributed by atoms with van der Waals surface area (Å²) < 4.78 is 15.4. The third kappa shape index (κ3) is 4.81. The molecule has 1 atom stereocenters. The fourth-order valence-electron chi connectivity index (χ4n) is 3.59. The van der Waals surface area contributed by atoms with Crippen molar-refractivity contribution in [2.45, 2.75) is 19.9 Å². The number of benzene rings is 2. The van der Waals surface area contributed by atoms with Gasteiger partial charge in [0, 0.05) is 18.5 Å². The van der Waals surface area contributed by atoms with Crippen LogP contribution in [0.5, 0.6) is 0 Å². The first kappa shape index (κ1) is 23.4. The fraction of sp³-hybridized carbons (Fsp3) is 0.292. The van der Waals surface area contributed by atoms with Crippen LogP contribution in [0.15, 0.2) is 59.8 Å². The number of nitrogens with zero attached hydrogens (tertiary/aromatic N) is 1. The highest BCUT2D eigenvalue weighted by atomic mass is 32.1. The van der Waals surface area contributed by atoms with Crippen molar-refractivity contribution in [3.8, 4) is 0 Å². The van der Waals surface area contributed by atoms with Gasteiger partial charge in [0.15, 0.2) is 5.11 Å². The Labute approximate surface area is 193 Å². The third-order valence-electron chi connectivity index (χ3n) is 5.19. The number of carbonyl (C=O) groups excluding carboxylic acids is 2. The van der Waals surface area contributed by atoms with Gasteiger partial charge in [-0.05, 0) is 49.8 Å². The molecule has 1 heterocycles. The average molecular weight is 455 g/mol. The van der Waals surface area contributed by atoms with Crippen molar-refractivity contribution in [3.63, 3.8) is 0 Å². The van der Waals surface area contributed by atoms with Crippen molar-refractivity contribution in [1.29, 1.82) is 0 Å². The summed E-state index contributed by atoms with van der Waals surface area (Å²) >= 11 is 5.67. The maximum atomic E-state index is 13.2. The van der Waals surface area contributed by atoms with Crippen molar-refractivity contribution in [1.82, 2.24) is 5.32 Å². The van der Waals surface area contributed by atoms with Gasteiger partial charge in [0.25, 0.3) is 0 Å². The van der Waals surface area contributed by atoms with Crippen molar-refractivity contribution in [2.24, 2.45) is 0 Å². The highest BCUT2D eigenvalue weighted by molar-refractivity contribution is 7.80. The maximum Gasteiger partial charge on any atom is 0.338 e. The summed E-state index contributed by atoms with van der Waals surface area (Å²) in [6, 6.07) is 14.1. The number of allylic oxidation sites excluding steroid dienone is 1. The van der Waals surface area contributed by atoms with Gasteiger partial charge in [-0.15, -0.1) is 0 Å². The molecule has 0 bridgehead atoms. The standard InChI is InChI=1S/C24H26N2O5S/c1-15-9-11-17(12-10-15)26-16(2)20(23(28)31-14-13-29-3)21(25-24(26)32)18-7-5-6-8-19(18)22(27)30-4/h5-12,21H,13-14H2,1-4H3,(H,25,32). The zero-order valence-corrected chi connectivity index (χ0v) is 19.3. The van der Waals surface area contributed by atoms with E-state index in [9.17, 15) is 9.59 Å². The summed E-state index contributed by atoms with van der Waals surface area (Å²) in [5.74, 6) is -1.02. The van der Waals surface area contributed by atoms with E-state index in [1.165, 1.54) is 14.2 Å². The van der Waals surface area contributed by atoms with E-state index in [1.54, 1.807) is 29.2 Å². The van der Waals surface area contributed by atoms with Crippen molar-refractivity contribution < 1.29 is 23.8 Å². The lowest BCUT2D eigenvalue weighted by Gasteiger charge is -2.38. The largest absolute Gasteiger partial charge is 0.465 e. The lowest BCUT2D eigenvalue weighted by molar-refractivity contribution is -0.140. The Balaban J connectivity index is 2.13. The Morgan fingerprint density at radius 1 is 1.00 bits per heavy atom. The molecule has 0 aromatic heterocycles. The molecule has 1 aliphatic heterocycles. The molecule has 168 valence electrons. The molecule has 1 N–H and O–H groups in total. The predicted octanol–water partition coefficient (Wildman–Crippen LogP) is 3.68. The minimum absolute atomic E-state index is 0.104. The normalized spacial score (nSPS) is 15.9. The molecule has 0 saturated carbocycles. The zero-order valence-electron chi connectivity index (χ0n) is 18.5. The number of esters is 2. The molecule has 1 aliphatic rings. The number of ether oxygens (including phenoxy) is 3. The quantitative estimate of drug-likeness (QED) is 0.386. The van der Waals surface area contributed by atoms with Gasteiger partial charge in [0.05, 0.1) is 30.9 Å². The topological polar surface area (TPSA) is 77.1 Å². The van der Waals surface area contributed by atoms with Gasteiger partial charge in [-0.1, -0.05) is 35.9 Å². The summed E-state index contributed by atoms with van der Waals surface area (Å²) in [6.07, 6.45) is 0. The van der Waals surface area contributed by atoms with Crippen LogP contribution in [-0.2, 0) is 19.0 Å². The van der Waals surface area contributed by atoms with Crippen molar-refractivity contribution >= 4 is 35.0 Å². The molecule has 7 nitrogen and oxygen atoms in total. The number of thiocarbonyl (C=S) groups is 1. The Bertz CT molecular complexity index is 1050. The molecular formula is C24H26N2O5S. The molecule has 2 aromatic rings. The molecule has 0 radical (unpaired) electrons. The first-order valence-corrected chi connectivity index (χ1v) is 10.5. The van der Waals surface area contributed by atoms with Gasteiger partial charge in [-0.25, -0.2) is 9.59 Å². The van der Waals surface area contributed by atoms with E-state index in [2.05, 4.69) is 5.32 Å². The lowest BCUT2D eigenvalue weighted by atomic mass is 9.91. The molecule has 0 aliphatic carbocycles. The monoisotopic (exact) mass is 454 g/mol. The SMILES string of the molecule is COCCOC(=O)C1=C(C)N(c2ccc(C)cc2)C(=S)NC1c1ccccc1C(=O)OC. The first-order chi connectivity index (χ1) is 15.4. The average Bonchev–Trinajstić information content (AvgIpc) is 2.79. The van der Waals surface area contributed by atoms with Gasteiger partial charge in [0.2, 0.25) is 0 Å². The lowest BCUT2D eigenvalue weighted by Crippen LogP contribution is -2.48. The second-order valence-electron chi connectivity index (χ2n) is 7.26. The van der Waals surface area contributed by atoms with Crippen LogP contribution < -0.4 is 10.2 Å². The molecule has 2 aromatic carbocycles. The van der Waals surface area contributed by atoms with Crippen LogP contribution in [0.1, 0.15) is 34.5 Å². The van der Waals surface area contributed by atoms with Gasteiger partial charge in [-0.2, -0.15) is 0 Å². The summed E-state index contributed by atoms with van der Waals surface area (Å²) in [5.41, 5.74) is 3.80. The molecule has 0 amide bonds. The zero-order chi connectivity index (χ0) is 23.3. The number of hydrogen-bond donors (Lipinski definition) is 1. The smallest absolute Gasteiger partial charge is 0.338 e. The van der Waals surface area contributed by atoms with E-state index in [0.29, 0.717) is 27.5 Å². The van der Waals surface area contributed by atoms with Crippen LogP contribution in [0.4, 0.5) is 5.69 Å². The first-order valence-electron chi connectivity index (χ1n) is 10.1. The Hall–Kier alpha value is -3.23. The number of hydrogen-bond acceptors (Lipinski definition) is 6. The maximum absolute atomic E-state index is 13.2. The van der Waals surface area contributed by atoms with Gasteiger partial charge in [0.1, 0.15) is 6.61 Å². The Kier molecular flexibility index (Phi) is 7.61. The van der Waals surface area contributed by atoms with E-state index in [1.807, 2.05) is 38.1 Å². The van der Waals surface area contributed by atoms with Crippen LogP contribution in [0.25, 0.3) is 0 Å². The van der Waals surface area contributed by atoms with Gasteiger partial charge >= 0.3 is 11.9 Å². The highest BCUT2D eigenvalue weighted by Gasteiger charge is 2.37. The fourth-order valence-corrected chi connectivity index (χ4v) is 3.95. The van der Waals surface area contributed by atoms with Crippen molar-refractivity contribution in [3.05, 3.63) is 76.5 Å². The molecule has 0 fully saturated rings. The summed E-state index contributed by atoms with van der Waals surface area (Å²) in [4.78, 5) is 27.4. The van der Waals surface area contributed by atoms with E-state index >= 15 is 0 Å². The molecule has 8 heteroatoms. The van der Waals surface area contributed by atoms with Crippen LogP contribution in [-0.4, -0.2) is 44.5 Å². The van der Waals surface area contributed by atoms with Crippen LogP contribution in [0, 0.1) is 6.92 Å². The van der Waals surface area contributed by atoms with E-state index < -0.39 is 18.0 Å². The number of rotatable bonds is 7. The van der Waals surface area contributed by atoms with Gasteiger partial charge < -0.3 is 19.5 Å². The second kappa shape index (κ2) is 10.4. The van der Waals surface area contributed by atoms with E-state index in [0.717, 1.165) is 11.3 Å². The predicted molar refractivity (Wildman–Crippen MR) is 125 cm³/mol. The van der Waals surface area contributed by atoms with Crippen LogP contribution >= 0.6 is 12.2 Å². The second-order valence-corrected chi connectivity index (χ2v) is 7.65. The Morgan fingerprint density at radius 2 is 1.69 bits per heavy atom. The minimum Gasteiger partial charge on any atom is -0.465 e. The number of aryl methyl sites for hydroxylation is 1. The number of anilines is 1. The van der Waals surface area contributed by atoms with Gasteiger partial charge in [-0.3, -0.25) is 4.90 Å². The molecule has 32 heavy (non-hydrogen) atoms.